The maximum Gasteiger partial charge on any atom is 0.219 e. The minimum Gasteiger partial charge on any atom is -0.379 e. The molecule has 0 radical (unpaired) electrons. The highest BCUT2D eigenvalue weighted by atomic mass is 16.5. The van der Waals surface area contributed by atoms with Crippen LogP contribution < -0.4 is 4.90 Å². The van der Waals surface area contributed by atoms with Crippen LogP contribution in [-0.2, 0) is 27.9 Å². The lowest BCUT2D eigenvalue weighted by molar-refractivity contribution is -0.129. The maximum atomic E-state index is 12.3. The van der Waals surface area contributed by atoms with Gasteiger partial charge in [0.25, 0.3) is 0 Å². The maximum absolute atomic E-state index is 12.3. The molecule has 1 saturated carbocycles. The number of carbonyl (C=O) groups excluding carboxylic acids is 1. The first kappa shape index (κ1) is 21.9. The van der Waals surface area contributed by atoms with Crippen molar-refractivity contribution in [1.29, 1.82) is 0 Å². The third-order valence-electron chi connectivity index (χ3n) is 8.75. The van der Waals surface area contributed by atoms with Crippen molar-refractivity contribution in [3.05, 3.63) is 46.7 Å². The van der Waals surface area contributed by atoms with Crippen molar-refractivity contribution >= 4 is 23.0 Å². The average Bonchev–Trinajstić information content (AvgIpc) is 3.54. The number of ether oxygens (including phenoxy) is 1. The highest BCUT2D eigenvalue weighted by Gasteiger charge is 2.49. The minimum absolute atomic E-state index is 0.147. The van der Waals surface area contributed by atoms with E-state index in [0.29, 0.717) is 12.6 Å². The molecule has 1 atom stereocenters. The molecule has 6 rings (SSSR count). The number of benzene rings is 1. The lowest BCUT2D eigenvalue weighted by atomic mass is 9.65. The van der Waals surface area contributed by atoms with Gasteiger partial charge in [0.05, 0.1) is 19.2 Å². The Balaban J connectivity index is 1.46. The summed E-state index contributed by atoms with van der Waals surface area (Å²) in [4.78, 5) is 16.7. The SMILES string of the molecule is C/C=C(\CC)c1ccc2c(c1)C1(CCC1)CN2c1nn(C2CCOC2)c2c1CN(C(C)=O)CC2. The van der Waals surface area contributed by atoms with Gasteiger partial charge in [-0.25, -0.2) is 0 Å². The lowest BCUT2D eigenvalue weighted by Gasteiger charge is -2.39. The van der Waals surface area contributed by atoms with Gasteiger partial charge < -0.3 is 14.5 Å². The van der Waals surface area contributed by atoms with Gasteiger partial charge in [-0.1, -0.05) is 25.5 Å². The van der Waals surface area contributed by atoms with E-state index in [9.17, 15) is 4.79 Å². The molecule has 4 aliphatic rings. The predicted molar refractivity (Wildman–Crippen MR) is 134 cm³/mol. The van der Waals surface area contributed by atoms with Crippen molar-refractivity contribution < 1.29 is 9.53 Å². The monoisotopic (exact) mass is 460 g/mol. The number of rotatable bonds is 4. The second-order valence-electron chi connectivity index (χ2n) is 10.5. The first-order valence-corrected chi connectivity index (χ1v) is 13.1. The summed E-state index contributed by atoms with van der Waals surface area (Å²) in [7, 11) is 0. The van der Waals surface area contributed by atoms with Crippen LogP contribution in [-0.4, -0.2) is 46.9 Å². The van der Waals surface area contributed by atoms with Crippen LogP contribution in [0.1, 0.15) is 81.3 Å². The van der Waals surface area contributed by atoms with Gasteiger partial charge in [-0.15, -0.1) is 0 Å². The molecule has 34 heavy (non-hydrogen) atoms. The van der Waals surface area contributed by atoms with Crippen molar-refractivity contribution in [2.75, 3.05) is 31.2 Å². The molecule has 6 heteroatoms. The summed E-state index contributed by atoms with van der Waals surface area (Å²) >= 11 is 0. The molecule has 1 spiro atoms. The zero-order chi connectivity index (χ0) is 23.4. The van der Waals surface area contributed by atoms with E-state index in [1.807, 2.05) is 4.90 Å². The Morgan fingerprint density at radius 2 is 2.18 bits per heavy atom. The number of hydrogen-bond acceptors (Lipinski definition) is 4. The van der Waals surface area contributed by atoms with Crippen molar-refractivity contribution in [3.63, 3.8) is 0 Å². The predicted octanol–water partition coefficient (Wildman–Crippen LogP) is 5.14. The highest BCUT2D eigenvalue weighted by Crippen LogP contribution is 2.55. The Morgan fingerprint density at radius 3 is 2.82 bits per heavy atom. The van der Waals surface area contributed by atoms with Gasteiger partial charge in [0, 0.05) is 55.4 Å². The molecule has 1 aromatic carbocycles. The Hall–Kier alpha value is -2.60. The van der Waals surface area contributed by atoms with Gasteiger partial charge in [-0.3, -0.25) is 9.48 Å². The van der Waals surface area contributed by atoms with Crippen molar-refractivity contribution in [2.24, 2.45) is 0 Å². The standard InChI is InChI=1S/C28H36N4O2/c1-4-20(5-2)21-7-8-26-24(15-21)28(11-6-12-28)18-31(26)27-23-16-30(19(3)33)13-9-25(23)32(29-27)22-10-14-34-17-22/h4,7-8,15,22H,5-6,9-14,16-18H2,1-3H3/b20-4+. The summed E-state index contributed by atoms with van der Waals surface area (Å²) < 4.78 is 7.98. The molecule has 2 aromatic rings. The summed E-state index contributed by atoms with van der Waals surface area (Å²) in [5, 5.41) is 5.28. The molecular weight excluding hydrogens is 424 g/mol. The molecule has 0 bridgehead atoms. The lowest BCUT2D eigenvalue weighted by Crippen LogP contribution is -2.39. The summed E-state index contributed by atoms with van der Waals surface area (Å²) in [5.74, 6) is 1.21. The van der Waals surface area contributed by atoms with E-state index in [4.69, 9.17) is 9.84 Å². The zero-order valence-corrected chi connectivity index (χ0v) is 20.8. The van der Waals surface area contributed by atoms with Crippen molar-refractivity contribution in [1.82, 2.24) is 14.7 Å². The van der Waals surface area contributed by atoms with Crippen LogP contribution >= 0.6 is 0 Å². The van der Waals surface area contributed by atoms with E-state index < -0.39 is 0 Å². The molecule has 3 aliphatic heterocycles. The third kappa shape index (κ3) is 3.25. The number of allylic oxidation sites excluding steroid dienone is 2. The first-order valence-electron chi connectivity index (χ1n) is 13.1. The molecule has 6 nitrogen and oxygen atoms in total. The van der Waals surface area contributed by atoms with E-state index in [0.717, 1.165) is 51.4 Å². The van der Waals surface area contributed by atoms with Gasteiger partial charge in [0.2, 0.25) is 5.91 Å². The van der Waals surface area contributed by atoms with E-state index in [1.165, 1.54) is 52.9 Å². The Kier molecular flexibility index (Phi) is 5.32. The molecule has 4 heterocycles. The topological polar surface area (TPSA) is 50.6 Å². The van der Waals surface area contributed by atoms with E-state index >= 15 is 0 Å². The third-order valence-corrected chi connectivity index (χ3v) is 8.75. The van der Waals surface area contributed by atoms with Crippen LogP contribution in [0.2, 0.25) is 0 Å². The van der Waals surface area contributed by atoms with Gasteiger partial charge >= 0.3 is 0 Å². The fraction of sp³-hybridized carbons (Fsp3) is 0.571. The molecule has 1 saturated heterocycles. The minimum atomic E-state index is 0.147. The van der Waals surface area contributed by atoms with Crippen molar-refractivity contribution in [2.45, 2.75) is 77.3 Å². The molecular formula is C28H36N4O2. The van der Waals surface area contributed by atoms with Gasteiger partial charge in [-0.2, -0.15) is 5.10 Å². The molecule has 180 valence electrons. The number of fused-ring (bicyclic) bond motifs is 3. The molecule has 1 unspecified atom stereocenters. The number of hydrogen-bond donors (Lipinski definition) is 0. The van der Waals surface area contributed by atoms with Crippen LogP contribution in [0.5, 0.6) is 0 Å². The van der Waals surface area contributed by atoms with E-state index in [2.05, 4.69) is 47.7 Å². The van der Waals surface area contributed by atoms with Crippen molar-refractivity contribution in [3.8, 4) is 0 Å². The Labute approximate surface area is 202 Å². The highest BCUT2D eigenvalue weighted by molar-refractivity contribution is 5.78. The Bertz CT molecular complexity index is 1150. The number of aromatic nitrogens is 2. The normalized spacial score (nSPS) is 23.3. The summed E-state index contributed by atoms with van der Waals surface area (Å²) in [6.07, 6.45) is 8.97. The van der Waals surface area contributed by atoms with Gasteiger partial charge in [0.1, 0.15) is 0 Å². The van der Waals surface area contributed by atoms with Crippen LogP contribution in [0.15, 0.2) is 24.3 Å². The largest absolute Gasteiger partial charge is 0.379 e. The van der Waals surface area contributed by atoms with E-state index in [-0.39, 0.29) is 11.3 Å². The fourth-order valence-electron chi connectivity index (χ4n) is 6.59. The van der Waals surface area contributed by atoms with Gasteiger partial charge in [-0.05, 0) is 61.4 Å². The quantitative estimate of drug-likeness (QED) is 0.634. The molecule has 1 aliphatic carbocycles. The zero-order valence-electron chi connectivity index (χ0n) is 20.8. The molecule has 1 aromatic heterocycles. The number of anilines is 2. The summed E-state index contributed by atoms with van der Waals surface area (Å²) in [6, 6.07) is 7.38. The number of nitrogens with zero attached hydrogens (tertiary/aromatic N) is 4. The van der Waals surface area contributed by atoms with Gasteiger partial charge in [0.15, 0.2) is 5.82 Å². The van der Waals surface area contributed by atoms with Crippen LogP contribution in [0.4, 0.5) is 11.5 Å². The van der Waals surface area contributed by atoms with E-state index in [1.54, 1.807) is 6.92 Å². The first-order chi connectivity index (χ1) is 16.5. The summed E-state index contributed by atoms with van der Waals surface area (Å²) in [6.45, 7) is 10.0. The average molecular weight is 461 g/mol. The molecule has 0 N–H and O–H groups in total. The number of amides is 1. The second kappa shape index (κ2) is 8.26. The summed E-state index contributed by atoms with van der Waals surface area (Å²) in [5.41, 5.74) is 8.35. The Morgan fingerprint density at radius 1 is 1.32 bits per heavy atom. The smallest absolute Gasteiger partial charge is 0.219 e. The fourth-order valence-corrected chi connectivity index (χ4v) is 6.59. The second-order valence-corrected chi connectivity index (χ2v) is 10.5. The number of carbonyl (C=O) groups is 1. The van der Waals surface area contributed by atoms with Crippen LogP contribution in [0.3, 0.4) is 0 Å². The van der Waals surface area contributed by atoms with Crippen LogP contribution in [0, 0.1) is 0 Å². The van der Waals surface area contributed by atoms with Crippen LogP contribution in [0.25, 0.3) is 5.57 Å². The molecule has 2 fully saturated rings. The molecule has 1 amide bonds.